The molecule has 1 aromatic rings. The van der Waals surface area contributed by atoms with Crippen molar-refractivity contribution in [1.82, 2.24) is 0 Å². The van der Waals surface area contributed by atoms with Crippen LogP contribution in [0.4, 0.5) is 5.69 Å². The number of benzene rings is 1. The van der Waals surface area contributed by atoms with Crippen molar-refractivity contribution in [2.45, 2.75) is 25.1 Å². The van der Waals surface area contributed by atoms with Gasteiger partial charge in [-0.25, -0.2) is 8.42 Å². The van der Waals surface area contributed by atoms with E-state index in [4.69, 9.17) is 5.41 Å². The van der Waals surface area contributed by atoms with Crippen LogP contribution in [-0.4, -0.2) is 36.4 Å². The number of amidine groups is 1. The predicted molar refractivity (Wildman–Crippen MR) is 87.6 cm³/mol. The molecule has 4 nitrogen and oxygen atoms in total. The summed E-state index contributed by atoms with van der Waals surface area (Å²) in [6.07, 6.45) is 0. The number of nitrogens with one attached hydrogen (secondary N) is 1. The summed E-state index contributed by atoms with van der Waals surface area (Å²) in [5.41, 5.74) is 3.11. The van der Waals surface area contributed by atoms with Crippen molar-refractivity contribution in [3.8, 4) is 0 Å². The van der Waals surface area contributed by atoms with Gasteiger partial charge in [-0.15, -0.1) is 0 Å². The second-order valence-corrected chi connectivity index (χ2v) is 9.66. The van der Waals surface area contributed by atoms with Gasteiger partial charge in [-0.1, -0.05) is 27.7 Å². The Morgan fingerprint density at radius 1 is 1.30 bits per heavy atom. The van der Waals surface area contributed by atoms with Crippen LogP contribution in [-0.2, 0) is 9.84 Å². The number of nitrogens with zero attached hydrogens (tertiary/aromatic N) is 1. The van der Waals surface area contributed by atoms with Gasteiger partial charge in [0, 0.05) is 15.4 Å². The zero-order chi connectivity index (χ0) is 14.7. The molecule has 2 aliphatic heterocycles. The molecule has 2 heterocycles. The first kappa shape index (κ1) is 14.4. The molecule has 2 atom stereocenters. The molecule has 0 saturated carbocycles. The minimum Gasteiger partial charge on any atom is -0.316 e. The lowest BCUT2D eigenvalue weighted by Gasteiger charge is -2.27. The monoisotopic (exact) mass is 374 g/mol. The first-order valence-corrected chi connectivity index (χ1v) is 9.79. The Labute approximate surface area is 131 Å². The first-order chi connectivity index (χ1) is 9.28. The van der Waals surface area contributed by atoms with Crippen molar-refractivity contribution in [2.24, 2.45) is 0 Å². The maximum absolute atomic E-state index is 11.8. The Kier molecular flexibility index (Phi) is 3.42. The van der Waals surface area contributed by atoms with E-state index in [0.29, 0.717) is 5.17 Å². The van der Waals surface area contributed by atoms with Crippen LogP contribution in [0, 0.1) is 19.3 Å². The summed E-state index contributed by atoms with van der Waals surface area (Å²) in [6, 6.07) is 3.92. The van der Waals surface area contributed by atoms with Crippen LogP contribution in [0.2, 0.25) is 0 Å². The third-order valence-electron chi connectivity index (χ3n) is 3.78. The van der Waals surface area contributed by atoms with E-state index in [1.165, 1.54) is 11.8 Å². The molecule has 0 aliphatic carbocycles. The quantitative estimate of drug-likeness (QED) is 0.820. The smallest absolute Gasteiger partial charge is 0.161 e. The van der Waals surface area contributed by atoms with E-state index >= 15 is 0 Å². The SMILES string of the molecule is Cc1cc(Br)cc(C)c1N1C(=N)S[C@@H]2CS(=O)(=O)C[C@H]21. The average molecular weight is 375 g/mol. The van der Waals surface area contributed by atoms with Gasteiger partial charge in [-0.2, -0.15) is 0 Å². The molecule has 1 aromatic carbocycles. The Bertz CT molecular complexity index is 679. The topological polar surface area (TPSA) is 61.2 Å². The molecule has 2 fully saturated rings. The summed E-state index contributed by atoms with van der Waals surface area (Å²) >= 11 is 4.85. The van der Waals surface area contributed by atoms with Gasteiger partial charge < -0.3 is 4.90 Å². The van der Waals surface area contributed by atoms with Crippen molar-refractivity contribution in [3.05, 3.63) is 27.7 Å². The third-order valence-corrected chi connectivity index (χ3v) is 7.37. The van der Waals surface area contributed by atoms with Crippen LogP contribution >= 0.6 is 27.7 Å². The minimum absolute atomic E-state index is 0.00468. The Hall–Kier alpha value is -0.530. The summed E-state index contributed by atoms with van der Waals surface area (Å²) in [4.78, 5) is 1.91. The molecule has 108 valence electrons. The molecule has 2 aliphatic rings. The number of sulfone groups is 1. The third kappa shape index (κ3) is 2.29. The minimum atomic E-state index is -2.97. The van der Waals surface area contributed by atoms with Crippen LogP contribution < -0.4 is 4.90 Å². The fraction of sp³-hybridized carbons (Fsp3) is 0.462. The normalized spacial score (nSPS) is 27.9. The lowest BCUT2D eigenvalue weighted by Crippen LogP contribution is -2.38. The molecular formula is C13H15BrN2O2S2. The second-order valence-electron chi connectivity index (χ2n) is 5.36. The van der Waals surface area contributed by atoms with E-state index in [1.54, 1.807) is 0 Å². The molecule has 7 heteroatoms. The summed E-state index contributed by atoms with van der Waals surface area (Å²) < 4.78 is 24.7. The zero-order valence-electron chi connectivity index (χ0n) is 11.2. The van der Waals surface area contributed by atoms with E-state index in [2.05, 4.69) is 15.9 Å². The Morgan fingerprint density at radius 2 is 1.90 bits per heavy atom. The molecule has 1 N–H and O–H groups in total. The number of anilines is 1. The number of halogens is 1. The van der Waals surface area contributed by atoms with E-state index in [-0.39, 0.29) is 22.8 Å². The lowest BCUT2D eigenvalue weighted by molar-refractivity contribution is 0.601. The van der Waals surface area contributed by atoms with Crippen LogP contribution in [0.3, 0.4) is 0 Å². The van der Waals surface area contributed by atoms with Gasteiger partial charge >= 0.3 is 0 Å². The summed E-state index contributed by atoms with van der Waals surface area (Å²) in [5, 5.41) is 8.66. The number of fused-ring (bicyclic) bond motifs is 1. The number of hydrogen-bond donors (Lipinski definition) is 1. The highest BCUT2D eigenvalue weighted by Gasteiger charge is 2.49. The van der Waals surface area contributed by atoms with Crippen molar-refractivity contribution >= 4 is 48.4 Å². The first-order valence-electron chi connectivity index (χ1n) is 6.30. The van der Waals surface area contributed by atoms with Crippen LogP contribution in [0.5, 0.6) is 0 Å². The Balaban J connectivity index is 2.08. The van der Waals surface area contributed by atoms with Gasteiger partial charge in [0.1, 0.15) is 0 Å². The molecule has 0 spiro atoms. The lowest BCUT2D eigenvalue weighted by atomic mass is 10.1. The maximum atomic E-state index is 11.8. The molecule has 20 heavy (non-hydrogen) atoms. The summed E-state index contributed by atoms with van der Waals surface area (Å²) in [7, 11) is -2.97. The van der Waals surface area contributed by atoms with Gasteiger partial charge in [0.05, 0.1) is 17.5 Å². The molecule has 0 aromatic heterocycles. The molecular weight excluding hydrogens is 360 g/mol. The van der Waals surface area contributed by atoms with Gasteiger partial charge in [0.25, 0.3) is 0 Å². The molecule has 3 rings (SSSR count). The maximum Gasteiger partial charge on any atom is 0.161 e. The highest BCUT2D eigenvalue weighted by molar-refractivity contribution is 9.10. The fourth-order valence-corrected chi connectivity index (χ4v) is 7.52. The molecule has 0 amide bonds. The molecule has 0 bridgehead atoms. The standard InChI is InChI=1S/C13H15BrN2O2S2/c1-7-3-9(14)4-8(2)12(7)16-10-5-20(17,18)6-11(10)19-13(16)15/h3-4,10-11,15H,5-6H2,1-2H3/t10-,11-/m1/s1. The van der Waals surface area contributed by atoms with Crippen LogP contribution in [0.15, 0.2) is 16.6 Å². The van der Waals surface area contributed by atoms with Crippen molar-refractivity contribution in [2.75, 3.05) is 16.4 Å². The highest BCUT2D eigenvalue weighted by atomic mass is 79.9. The van der Waals surface area contributed by atoms with E-state index in [1.807, 2.05) is 30.9 Å². The van der Waals surface area contributed by atoms with Crippen LogP contribution in [0.1, 0.15) is 11.1 Å². The predicted octanol–water partition coefficient (Wildman–Crippen LogP) is 2.72. The van der Waals surface area contributed by atoms with Crippen molar-refractivity contribution < 1.29 is 8.42 Å². The van der Waals surface area contributed by atoms with Gasteiger partial charge in [0.2, 0.25) is 0 Å². The second kappa shape index (κ2) is 4.74. The van der Waals surface area contributed by atoms with E-state index < -0.39 is 9.84 Å². The van der Waals surface area contributed by atoms with Gasteiger partial charge in [-0.05, 0) is 37.1 Å². The zero-order valence-corrected chi connectivity index (χ0v) is 14.4. The van der Waals surface area contributed by atoms with E-state index in [9.17, 15) is 8.42 Å². The Morgan fingerprint density at radius 3 is 2.50 bits per heavy atom. The number of hydrogen-bond acceptors (Lipinski definition) is 4. The largest absolute Gasteiger partial charge is 0.316 e. The van der Waals surface area contributed by atoms with E-state index in [0.717, 1.165) is 21.3 Å². The number of thioether (sulfide) groups is 1. The number of aryl methyl sites for hydroxylation is 2. The number of rotatable bonds is 1. The highest BCUT2D eigenvalue weighted by Crippen LogP contribution is 2.42. The summed E-state index contributed by atoms with van der Waals surface area (Å²) in [6.45, 7) is 4.00. The van der Waals surface area contributed by atoms with Crippen molar-refractivity contribution in [1.29, 1.82) is 5.41 Å². The molecule has 0 radical (unpaired) electrons. The summed E-state index contributed by atoms with van der Waals surface area (Å²) in [5.74, 6) is 0.345. The fourth-order valence-electron chi connectivity index (χ4n) is 3.05. The average Bonchev–Trinajstić information content (AvgIpc) is 2.70. The molecule has 2 saturated heterocycles. The molecule has 0 unspecified atom stereocenters. The van der Waals surface area contributed by atoms with Gasteiger partial charge in [-0.3, -0.25) is 5.41 Å². The van der Waals surface area contributed by atoms with Crippen molar-refractivity contribution in [3.63, 3.8) is 0 Å². The van der Waals surface area contributed by atoms with Gasteiger partial charge in [0.15, 0.2) is 15.0 Å². The van der Waals surface area contributed by atoms with Crippen LogP contribution in [0.25, 0.3) is 0 Å².